The van der Waals surface area contributed by atoms with Gasteiger partial charge in [-0.25, -0.2) is 0 Å². The predicted molar refractivity (Wildman–Crippen MR) is 79.2 cm³/mol. The number of rotatable bonds is 5. The van der Waals surface area contributed by atoms with Crippen molar-refractivity contribution in [1.82, 2.24) is 10.2 Å². The first-order valence-corrected chi connectivity index (χ1v) is 7.67. The summed E-state index contributed by atoms with van der Waals surface area (Å²) >= 11 is 0. The fourth-order valence-corrected chi connectivity index (χ4v) is 3.25. The van der Waals surface area contributed by atoms with Crippen LogP contribution in [0.25, 0.3) is 0 Å². The molecule has 0 bridgehead atoms. The zero-order valence-corrected chi connectivity index (χ0v) is 12.7. The molecule has 1 unspecified atom stereocenters. The molecule has 4 N–H and O–H groups in total. The van der Waals surface area contributed by atoms with E-state index >= 15 is 0 Å². The summed E-state index contributed by atoms with van der Waals surface area (Å²) < 4.78 is 5.32. The number of nitrogens with two attached hydrogens (primary N) is 1. The summed E-state index contributed by atoms with van der Waals surface area (Å²) in [5, 5.41) is 15.1. The molecular weight excluding hydrogens is 272 g/mol. The first-order valence-electron chi connectivity index (χ1n) is 7.67. The topological polar surface area (TPSA) is 100 Å². The Bertz CT molecular complexity index is 388. The maximum absolute atomic E-state index is 12.6. The first kappa shape index (κ1) is 16.0. The van der Waals surface area contributed by atoms with Crippen LogP contribution in [0, 0.1) is 5.41 Å². The Hall–Kier alpha value is -1.34. The molecule has 120 valence electrons. The number of nitrogens with one attached hydrogen (secondary N) is 1. The van der Waals surface area contributed by atoms with Gasteiger partial charge in [-0.2, -0.15) is 0 Å². The minimum Gasteiger partial charge on any atom is -0.409 e. The lowest BCUT2D eigenvalue weighted by Gasteiger charge is -2.32. The zero-order valence-electron chi connectivity index (χ0n) is 12.7. The van der Waals surface area contributed by atoms with Gasteiger partial charge in [0.1, 0.15) is 5.41 Å². The van der Waals surface area contributed by atoms with E-state index in [0.29, 0.717) is 12.8 Å². The molecule has 1 heterocycles. The van der Waals surface area contributed by atoms with Crippen LogP contribution in [-0.2, 0) is 9.53 Å². The van der Waals surface area contributed by atoms with E-state index in [1.165, 1.54) is 0 Å². The molecule has 1 amide bonds. The Balaban J connectivity index is 1.92. The molecule has 1 saturated heterocycles. The van der Waals surface area contributed by atoms with Crippen LogP contribution in [0.4, 0.5) is 0 Å². The van der Waals surface area contributed by atoms with Crippen molar-refractivity contribution in [3.8, 4) is 0 Å². The summed E-state index contributed by atoms with van der Waals surface area (Å²) in [6, 6.07) is 0.0274. The number of carbonyl (C=O) groups is 1. The van der Waals surface area contributed by atoms with Gasteiger partial charge in [-0.1, -0.05) is 18.0 Å². The van der Waals surface area contributed by atoms with Gasteiger partial charge < -0.3 is 21.0 Å². The number of oxime groups is 1. The molecule has 0 aromatic rings. The van der Waals surface area contributed by atoms with Gasteiger partial charge in [0.05, 0.1) is 13.2 Å². The molecule has 2 fully saturated rings. The average Bonchev–Trinajstić information content (AvgIpc) is 2.98. The van der Waals surface area contributed by atoms with Crippen LogP contribution < -0.4 is 11.1 Å². The lowest BCUT2D eigenvalue weighted by atomic mass is 9.83. The molecule has 0 spiro atoms. The van der Waals surface area contributed by atoms with Gasteiger partial charge in [0.2, 0.25) is 5.91 Å². The highest BCUT2D eigenvalue weighted by Crippen LogP contribution is 2.38. The number of morpholine rings is 1. The largest absolute Gasteiger partial charge is 0.409 e. The molecule has 21 heavy (non-hydrogen) atoms. The van der Waals surface area contributed by atoms with Gasteiger partial charge in [0, 0.05) is 25.7 Å². The van der Waals surface area contributed by atoms with Gasteiger partial charge in [0.25, 0.3) is 0 Å². The van der Waals surface area contributed by atoms with Crippen LogP contribution >= 0.6 is 0 Å². The van der Waals surface area contributed by atoms with E-state index in [2.05, 4.69) is 15.4 Å². The molecule has 0 aromatic heterocycles. The van der Waals surface area contributed by atoms with Crippen molar-refractivity contribution in [2.24, 2.45) is 16.3 Å². The zero-order chi connectivity index (χ0) is 15.3. The summed E-state index contributed by atoms with van der Waals surface area (Å²) in [5.74, 6) is -0.0767. The van der Waals surface area contributed by atoms with Gasteiger partial charge >= 0.3 is 0 Å². The summed E-state index contributed by atoms with van der Waals surface area (Å²) in [5.41, 5.74) is 4.96. The van der Waals surface area contributed by atoms with Crippen molar-refractivity contribution in [2.75, 3.05) is 32.8 Å². The molecule has 7 heteroatoms. The molecule has 0 aromatic carbocycles. The van der Waals surface area contributed by atoms with E-state index in [9.17, 15) is 4.79 Å². The quantitative estimate of drug-likeness (QED) is 0.290. The summed E-state index contributed by atoms with van der Waals surface area (Å²) in [7, 11) is 0. The Labute approximate surface area is 125 Å². The second-order valence-corrected chi connectivity index (χ2v) is 6.06. The van der Waals surface area contributed by atoms with Crippen LogP contribution in [0.1, 0.15) is 32.6 Å². The highest BCUT2D eigenvalue weighted by atomic mass is 16.5. The van der Waals surface area contributed by atoms with E-state index < -0.39 is 5.41 Å². The van der Waals surface area contributed by atoms with Crippen molar-refractivity contribution < 1.29 is 14.7 Å². The average molecular weight is 298 g/mol. The van der Waals surface area contributed by atoms with E-state index in [1.807, 2.05) is 6.92 Å². The standard InChI is InChI=1S/C14H26N4O3/c1-11(10-18-6-8-21-9-7-18)16-13(19)14(12(15)17-20)4-2-3-5-14/h11,20H,2-10H2,1H3,(H2,15,17)(H,16,19). The molecule has 1 saturated carbocycles. The first-order chi connectivity index (χ1) is 10.1. The number of hydrogen-bond donors (Lipinski definition) is 3. The van der Waals surface area contributed by atoms with Gasteiger partial charge in [0.15, 0.2) is 5.84 Å². The van der Waals surface area contributed by atoms with Crippen molar-refractivity contribution >= 4 is 11.7 Å². The van der Waals surface area contributed by atoms with E-state index in [4.69, 9.17) is 15.7 Å². The number of nitrogens with zero attached hydrogens (tertiary/aromatic N) is 2. The third-order valence-electron chi connectivity index (χ3n) is 4.50. The summed E-state index contributed by atoms with van der Waals surface area (Å²) in [6.07, 6.45) is 3.17. The fraction of sp³-hybridized carbons (Fsp3) is 0.857. The third kappa shape index (κ3) is 3.65. The molecular formula is C14H26N4O3. The van der Waals surface area contributed by atoms with Gasteiger partial charge in [-0.15, -0.1) is 0 Å². The minimum absolute atomic E-state index is 0.0274. The normalized spacial score (nSPS) is 24.7. The predicted octanol–water partition coefficient (Wildman–Crippen LogP) is 0.130. The van der Waals surface area contributed by atoms with Crippen LogP contribution in [-0.4, -0.2) is 60.7 Å². The van der Waals surface area contributed by atoms with Crippen molar-refractivity contribution in [1.29, 1.82) is 0 Å². The number of hydrogen-bond acceptors (Lipinski definition) is 5. The van der Waals surface area contributed by atoms with Crippen LogP contribution in [0.5, 0.6) is 0 Å². The minimum atomic E-state index is -0.825. The van der Waals surface area contributed by atoms with Gasteiger partial charge in [-0.3, -0.25) is 9.69 Å². The Morgan fingerprint density at radius 2 is 2.05 bits per heavy atom. The highest BCUT2D eigenvalue weighted by Gasteiger charge is 2.45. The van der Waals surface area contributed by atoms with E-state index in [-0.39, 0.29) is 17.8 Å². The number of amides is 1. The van der Waals surface area contributed by atoms with Crippen LogP contribution in [0.2, 0.25) is 0 Å². The molecule has 7 nitrogen and oxygen atoms in total. The Morgan fingerprint density at radius 1 is 1.43 bits per heavy atom. The lowest BCUT2D eigenvalue weighted by Crippen LogP contribution is -2.53. The number of ether oxygens (including phenoxy) is 1. The monoisotopic (exact) mass is 298 g/mol. The van der Waals surface area contributed by atoms with Crippen LogP contribution in [0.15, 0.2) is 5.16 Å². The fourth-order valence-electron chi connectivity index (χ4n) is 3.25. The van der Waals surface area contributed by atoms with Crippen LogP contribution in [0.3, 0.4) is 0 Å². The molecule has 0 radical (unpaired) electrons. The van der Waals surface area contributed by atoms with Crippen molar-refractivity contribution in [3.05, 3.63) is 0 Å². The van der Waals surface area contributed by atoms with E-state index in [1.54, 1.807) is 0 Å². The maximum atomic E-state index is 12.6. The lowest BCUT2D eigenvalue weighted by molar-refractivity contribution is -0.128. The molecule has 2 aliphatic rings. The number of amidine groups is 1. The van der Waals surface area contributed by atoms with Gasteiger partial charge in [-0.05, 0) is 19.8 Å². The van der Waals surface area contributed by atoms with E-state index in [0.717, 1.165) is 45.7 Å². The summed E-state index contributed by atoms with van der Waals surface area (Å²) in [6.45, 7) is 6.06. The number of carbonyl (C=O) groups excluding carboxylic acids is 1. The maximum Gasteiger partial charge on any atom is 0.234 e. The Morgan fingerprint density at radius 3 is 2.62 bits per heavy atom. The smallest absolute Gasteiger partial charge is 0.234 e. The second-order valence-electron chi connectivity index (χ2n) is 6.06. The Kier molecular flexibility index (Phi) is 5.41. The summed E-state index contributed by atoms with van der Waals surface area (Å²) in [4.78, 5) is 14.9. The second kappa shape index (κ2) is 7.09. The molecule has 1 aliphatic heterocycles. The molecule has 2 rings (SSSR count). The third-order valence-corrected chi connectivity index (χ3v) is 4.50. The van der Waals surface area contributed by atoms with Crippen molar-refractivity contribution in [3.63, 3.8) is 0 Å². The van der Waals surface area contributed by atoms with Crippen molar-refractivity contribution in [2.45, 2.75) is 38.6 Å². The highest BCUT2D eigenvalue weighted by molar-refractivity contribution is 6.07. The molecule has 1 aliphatic carbocycles. The molecule has 1 atom stereocenters. The SMILES string of the molecule is CC(CN1CCOCC1)NC(=O)C1(C(N)=NO)CCCC1.